The molecule has 3 heterocycles. The minimum atomic E-state index is -0.906. The molecule has 5 rings (SSSR count). The van der Waals surface area contributed by atoms with Crippen molar-refractivity contribution in [3.05, 3.63) is 51.9 Å². The Morgan fingerprint density at radius 1 is 1.05 bits per heavy atom. The summed E-state index contributed by atoms with van der Waals surface area (Å²) in [6.07, 6.45) is -0.906. The number of aromatic nitrogens is 2. The van der Waals surface area contributed by atoms with Gasteiger partial charge >= 0.3 is 5.97 Å². The number of aryl methyl sites for hydroxylation is 1. The average Bonchev–Trinajstić information content (AvgIpc) is 3.58. The molecule has 0 amide bonds. The molecule has 1 atom stereocenters. The number of ether oxygens (including phenoxy) is 2. The summed E-state index contributed by atoms with van der Waals surface area (Å²) in [4.78, 5) is 28.1. The molecular weight excluding hydrogens is 576 g/mol. The minimum Gasteiger partial charge on any atom is -0.467 e. The van der Waals surface area contributed by atoms with Crippen molar-refractivity contribution >= 4 is 56.3 Å². The largest absolute Gasteiger partial charge is 0.467 e. The van der Waals surface area contributed by atoms with E-state index < -0.39 is 17.7 Å². The first-order valence-electron chi connectivity index (χ1n) is 13.9. The summed E-state index contributed by atoms with van der Waals surface area (Å²) in [6.45, 7) is 16.3. The molecule has 1 aliphatic rings. The maximum absolute atomic E-state index is 13.2. The van der Waals surface area contributed by atoms with Crippen LogP contribution in [0.15, 0.2) is 35.7 Å². The highest BCUT2D eigenvalue weighted by atomic mass is 35.5. The smallest absolute Gasteiger partial charge is 0.339 e. The van der Waals surface area contributed by atoms with Crippen LogP contribution in [0.4, 0.5) is 5.82 Å². The molecule has 1 aliphatic heterocycles. The molecule has 1 saturated heterocycles. The molecule has 2 aromatic carbocycles. The van der Waals surface area contributed by atoms with Gasteiger partial charge in [0.1, 0.15) is 5.82 Å². The van der Waals surface area contributed by atoms with Crippen LogP contribution >= 0.6 is 34.3 Å². The zero-order valence-electron chi connectivity index (χ0n) is 24.7. The molecule has 1 unspecified atom stereocenters. The first kappa shape index (κ1) is 29.9. The van der Waals surface area contributed by atoms with Gasteiger partial charge in [-0.1, -0.05) is 23.7 Å². The predicted molar refractivity (Wildman–Crippen MR) is 170 cm³/mol. The SMILES string of the molecule is COC(=O)C(OC(C)(C)C)c1c(C)cc2nc(-c3nc(N4CCN(C(C)C)CC4)cs3)sc2c1-c1ccc(Cl)cc1. The van der Waals surface area contributed by atoms with E-state index in [1.807, 2.05) is 58.0 Å². The van der Waals surface area contributed by atoms with E-state index >= 15 is 0 Å². The van der Waals surface area contributed by atoms with Gasteiger partial charge in [-0.3, -0.25) is 4.90 Å². The fraction of sp³-hybridized carbons (Fsp3) is 0.452. The van der Waals surface area contributed by atoms with Crippen LogP contribution in [-0.2, 0) is 14.3 Å². The Hall–Kier alpha value is -2.56. The monoisotopic (exact) mass is 612 g/mol. The number of carbonyl (C=O) groups excluding carboxylic acids is 1. The second-order valence-corrected chi connectivity index (χ2v) is 13.9. The number of methoxy groups -OCH3 is 1. The Morgan fingerprint density at radius 3 is 2.34 bits per heavy atom. The van der Waals surface area contributed by atoms with Gasteiger partial charge in [-0.15, -0.1) is 22.7 Å². The number of hydrogen-bond donors (Lipinski definition) is 0. The highest BCUT2D eigenvalue weighted by molar-refractivity contribution is 7.25. The number of esters is 1. The summed E-state index contributed by atoms with van der Waals surface area (Å²) in [6, 6.07) is 10.3. The number of benzene rings is 2. The first-order chi connectivity index (χ1) is 19.4. The van der Waals surface area contributed by atoms with Crippen molar-refractivity contribution < 1.29 is 14.3 Å². The lowest BCUT2D eigenvalue weighted by atomic mass is 9.91. The van der Waals surface area contributed by atoms with Crippen LogP contribution in [0.2, 0.25) is 5.02 Å². The standard InChI is InChI=1S/C31H37ClN4O3S2/c1-18(2)35-12-14-36(15-13-35)23-17-40-28(34-23)29-33-22-16-19(3)24(26(30(37)38-7)39-31(4,5)6)25(27(22)41-29)20-8-10-21(32)11-9-20/h8-11,16-18,26H,12-15H2,1-7H3. The maximum atomic E-state index is 13.2. The number of thiazole rings is 2. The zero-order valence-corrected chi connectivity index (χ0v) is 27.0. The van der Waals surface area contributed by atoms with Crippen molar-refractivity contribution in [1.29, 1.82) is 0 Å². The van der Waals surface area contributed by atoms with Crippen molar-refractivity contribution in [2.24, 2.45) is 0 Å². The van der Waals surface area contributed by atoms with E-state index in [4.69, 9.17) is 31.0 Å². The molecule has 7 nitrogen and oxygen atoms in total. The molecule has 1 fully saturated rings. The Labute approximate surface area is 255 Å². The van der Waals surface area contributed by atoms with Crippen molar-refractivity contribution in [1.82, 2.24) is 14.9 Å². The summed E-state index contributed by atoms with van der Waals surface area (Å²) in [5.41, 5.74) is 3.80. The average molecular weight is 613 g/mol. The van der Waals surface area contributed by atoms with Gasteiger partial charge in [0.25, 0.3) is 0 Å². The molecule has 0 bridgehead atoms. The first-order valence-corrected chi connectivity index (χ1v) is 15.9. The number of anilines is 1. The minimum absolute atomic E-state index is 0.440. The molecule has 218 valence electrons. The van der Waals surface area contributed by atoms with Crippen LogP contribution in [0.25, 0.3) is 31.4 Å². The van der Waals surface area contributed by atoms with Gasteiger partial charge in [0.2, 0.25) is 0 Å². The molecule has 41 heavy (non-hydrogen) atoms. The molecule has 0 spiro atoms. The molecule has 4 aromatic rings. The fourth-order valence-electron chi connectivity index (χ4n) is 5.21. The van der Waals surface area contributed by atoms with E-state index in [0.717, 1.165) is 74.5 Å². The van der Waals surface area contributed by atoms with Gasteiger partial charge < -0.3 is 14.4 Å². The summed E-state index contributed by atoms with van der Waals surface area (Å²) >= 11 is 9.47. The molecule has 2 aromatic heterocycles. The van der Waals surface area contributed by atoms with Gasteiger partial charge in [0.15, 0.2) is 16.1 Å². The van der Waals surface area contributed by atoms with Crippen LogP contribution in [0, 0.1) is 6.92 Å². The number of carbonyl (C=O) groups is 1. The summed E-state index contributed by atoms with van der Waals surface area (Å²) in [7, 11) is 1.39. The lowest BCUT2D eigenvalue weighted by Gasteiger charge is -2.37. The topological polar surface area (TPSA) is 67.8 Å². The maximum Gasteiger partial charge on any atom is 0.339 e. The number of fused-ring (bicyclic) bond motifs is 1. The van der Waals surface area contributed by atoms with E-state index in [1.165, 1.54) is 7.11 Å². The Balaban J connectivity index is 1.61. The Kier molecular flexibility index (Phi) is 8.74. The van der Waals surface area contributed by atoms with E-state index in [9.17, 15) is 4.79 Å². The second-order valence-electron chi connectivity index (χ2n) is 11.6. The quantitative estimate of drug-likeness (QED) is 0.199. The lowest BCUT2D eigenvalue weighted by molar-refractivity contribution is -0.164. The van der Waals surface area contributed by atoms with Crippen LogP contribution in [0.1, 0.15) is 51.8 Å². The highest BCUT2D eigenvalue weighted by Crippen LogP contribution is 2.45. The molecule has 10 heteroatoms. The van der Waals surface area contributed by atoms with Crippen molar-refractivity contribution in [2.75, 3.05) is 38.2 Å². The second kappa shape index (κ2) is 12.0. The number of hydrogen-bond acceptors (Lipinski definition) is 9. The van der Waals surface area contributed by atoms with E-state index in [-0.39, 0.29) is 0 Å². The third-order valence-electron chi connectivity index (χ3n) is 7.25. The number of halogens is 1. The summed E-state index contributed by atoms with van der Waals surface area (Å²) < 4.78 is 12.5. The van der Waals surface area contributed by atoms with E-state index in [1.54, 1.807) is 22.7 Å². The van der Waals surface area contributed by atoms with Crippen molar-refractivity contribution in [2.45, 2.75) is 59.3 Å². The zero-order chi connectivity index (χ0) is 29.5. The number of rotatable bonds is 7. The van der Waals surface area contributed by atoms with Gasteiger partial charge in [0, 0.05) is 53.8 Å². The predicted octanol–water partition coefficient (Wildman–Crippen LogP) is 7.61. The van der Waals surface area contributed by atoms with Gasteiger partial charge in [-0.25, -0.2) is 14.8 Å². The third-order valence-corrected chi connectivity index (χ3v) is 9.57. The van der Waals surface area contributed by atoms with Crippen LogP contribution < -0.4 is 4.90 Å². The summed E-state index contributed by atoms with van der Waals surface area (Å²) in [5, 5.41) is 4.52. The Morgan fingerprint density at radius 2 is 1.73 bits per heavy atom. The van der Waals surface area contributed by atoms with Gasteiger partial charge in [-0.2, -0.15) is 0 Å². The lowest BCUT2D eigenvalue weighted by Crippen LogP contribution is -2.49. The number of piperazine rings is 1. The normalized spacial score (nSPS) is 15.6. The number of nitrogens with zero attached hydrogens (tertiary/aromatic N) is 4. The van der Waals surface area contributed by atoms with Gasteiger partial charge in [-0.05, 0) is 70.9 Å². The molecule has 0 N–H and O–H groups in total. The van der Waals surface area contributed by atoms with E-state index in [2.05, 4.69) is 29.0 Å². The molecule has 0 radical (unpaired) electrons. The third kappa shape index (κ3) is 6.44. The van der Waals surface area contributed by atoms with Crippen molar-refractivity contribution in [3.8, 4) is 21.1 Å². The molecule has 0 saturated carbocycles. The molecule has 0 aliphatic carbocycles. The van der Waals surface area contributed by atoms with E-state index in [0.29, 0.717) is 11.1 Å². The molecular formula is C31H37ClN4O3S2. The van der Waals surface area contributed by atoms with Crippen molar-refractivity contribution in [3.63, 3.8) is 0 Å². The van der Waals surface area contributed by atoms with Crippen LogP contribution in [0.3, 0.4) is 0 Å². The van der Waals surface area contributed by atoms with Crippen LogP contribution in [-0.4, -0.2) is 65.8 Å². The van der Waals surface area contributed by atoms with Gasteiger partial charge in [0.05, 0.1) is 22.9 Å². The highest BCUT2D eigenvalue weighted by Gasteiger charge is 2.33. The van der Waals surface area contributed by atoms with Crippen LogP contribution in [0.5, 0.6) is 0 Å². The summed E-state index contributed by atoms with van der Waals surface area (Å²) in [5.74, 6) is 0.566. The Bertz CT molecular complexity index is 1530. The fourth-order valence-corrected chi connectivity index (χ4v) is 7.32.